The first-order valence-electron chi connectivity index (χ1n) is 8.47. The van der Waals surface area contributed by atoms with Crippen LogP contribution in [0, 0.1) is 0 Å². The molecule has 0 aliphatic rings. The van der Waals surface area contributed by atoms with E-state index < -0.39 is 0 Å². The number of amides is 1. The Labute approximate surface area is 144 Å². The van der Waals surface area contributed by atoms with Crippen LogP contribution in [0.2, 0.25) is 0 Å². The van der Waals surface area contributed by atoms with Gasteiger partial charge in [-0.05, 0) is 20.3 Å². The number of aromatic nitrogens is 2. The van der Waals surface area contributed by atoms with Crippen molar-refractivity contribution >= 4 is 11.7 Å². The largest absolute Gasteiger partial charge is 0.368 e. The van der Waals surface area contributed by atoms with E-state index in [1.54, 1.807) is 11.0 Å². The molecule has 0 bridgehead atoms. The van der Waals surface area contributed by atoms with Crippen LogP contribution < -0.4 is 5.32 Å². The molecule has 2 rings (SSSR count). The van der Waals surface area contributed by atoms with Crippen LogP contribution >= 0.6 is 0 Å². The van der Waals surface area contributed by atoms with E-state index in [1.807, 2.05) is 51.2 Å². The second kappa shape index (κ2) is 8.43. The highest BCUT2D eigenvalue weighted by atomic mass is 16.2. The van der Waals surface area contributed by atoms with Crippen molar-refractivity contribution in [1.82, 2.24) is 14.9 Å². The number of carbonyl (C=O) groups is 1. The van der Waals surface area contributed by atoms with Gasteiger partial charge in [0.05, 0.1) is 0 Å². The Bertz CT molecular complexity index is 670. The number of nitrogens with one attached hydrogen (secondary N) is 1. The minimum Gasteiger partial charge on any atom is -0.368 e. The number of hydrogen-bond donors (Lipinski definition) is 1. The van der Waals surface area contributed by atoms with E-state index >= 15 is 0 Å². The maximum atomic E-state index is 12.7. The average molecular weight is 326 g/mol. The predicted molar refractivity (Wildman–Crippen MR) is 98.1 cm³/mol. The lowest BCUT2D eigenvalue weighted by atomic mass is 10.2. The normalized spacial score (nSPS) is 10.7. The summed E-state index contributed by atoms with van der Waals surface area (Å²) >= 11 is 0. The molecule has 0 unspecified atom stereocenters. The lowest BCUT2D eigenvalue weighted by Crippen LogP contribution is -2.29. The minimum absolute atomic E-state index is 0.0742. The van der Waals surface area contributed by atoms with Crippen molar-refractivity contribution in [1.29, 1.82) is 0 Å². The summed E-state index contributed by atoms with van der Waals surface area (Å²) in [6.45, 7) is 6.92. The summed E-state index contributed by atoms with van der Waals surface area (Å²) in [5.41, 5.74) is 1.32. The highest BCUT2D eigenvalue weighted by molar-refractivity contribution is 5.93. The van der Waals surface area contributed by atoms with Gasteiger partial charge in [0.15, 0.2) is 5.82 Å². The summed E-state index contributed by atoms with van der Waals surface area (Å²) < 4.78 is 0. The highest BCUT2D eigenvalue weighted by Crippen LogP contribution is 2.19. The summed E-state index contributed by atoms with van der Waals surface area (Å²) in [7, 11) is 1.82. The topological polar surface area (TPSA) is 58.1 Å². The van der Waals surface area contributed by atoms with Crippen LogP contribution in [0.3, 0.4) is 0 Å². The van der Waals surface area contributed by atoms with Crippen LogP contribution in [0.25, 0.3) is 11.4 Å². The van der Waals surface area contributed by atoms with E-state index in [1.165, 1.54) is 0 Å². The molecule has 5 nitrogen and oxygen atoms in total. The second-order valence-corrected chi connectivity index (χ2v) is 6.21. The number of nitrogens with zero attached hydrogens (tertiary/aromatic N) is 3. The van der Waals surface area contributed by atoms with Crippen LogP contribution in [0.1, 0.15) is 44.1 Å². The number of carbonyl (C=O) groups excluding carboxylic acids is 1. The fourth-order valence-electron chi connectivity index (χ4n) is 2.34. The molecule has 0 saturated carbocycles. The Hall–Kier alpha value is -2.43. The zero-order valence-corrected chi connectivity index (χ0v) is 14.9. The molecule has 2 aromatic rings. The van der Waals surface area contributed by atoms with Gasteiger partial charge in [0.25, 0.3) is 5.91 Å². The van der Waals surface area contributed by atoms with E-state index in [9.17, 15) is 4.79 Å². The maximum Gasteiger partial charge on any atom is 0.272 e. The van der Waals surface area contributed by atoms with Crippen molar-refractivity contribution in [2.24, 2.45) is 0 Å². The van der Waals surface area contributed by atoms with Gasteiger partial charge < -0.3 is 10.2 Å². The van der Waals surface area contributed by atoms with Crippen molar-refractivity contribution in [2.45, 2.75) is 39.7 Å². The van der Waals surface area contributed by atoms with E-state index in [-0.39, 0.29) is 11.9 Å². The van der Waals surface area contributed by atoms with Gasteiger partial charge in [-0.15, -0.1) is 0 Å². The van der Waals surface area contributed by atoms with Gasteiger partial charge >= 0.3 is 0 Å². The molecule has 5 heteroatoms. The standard InChI is InChI=1S/C19H26N4O/c1-5-6-12-23(4)19(24)16-13-17(20-14(2)3)22-18(21-16)15-10-8-7-9-11-15/h7-11,13-14H,5-6,12H2,1-4H3,(H,20,21,22). The fourth-order valence-corrected chi connectivity index (χ4v) is 2.34. The Morgan fingerprint density at radius 2 is 1.92 bits per heavy atom. The molecule has 24 heavy (non-hydrogen) atoms. The van der Waals surface area contributed by atoms with Crippen molar-refractivity contribution in [3.63, 3.8) is 0 Å². The molecule has 128 valence electrons. The third kappa shape index (κ3) is 4.78. The molecule has 0 radical (unpaired) electrons. The van der Waals surface area contributed by atoms with E-state index in [2.05, 4.69) is 22.2 Å². The third-order valence-corrected chi connectivity index (χ3v) is 3.61. The number of rotatable bonds is 7. The summed E-state index contributed by atoms with van der Waals surface area (Å²) in [5.74, 6) is 1.16. The molecule has 1 aromatic carbocycles. The zero-order valence-electron chi connectivity index (χ0n) is 14.9. The molecule has 0 aliphatic heterocycles. The molecule has 0 aliphatic carbocycles. The lowest BCUT2D eigenvalue weighted by Gasteiger charge is -2.18. The lowest BCUT2D eigenvalue weighted by molar-refractivity contribution is 0.0787. The smallest absolute Gasteiger partial charge is 0.272 e. The molecule has 0 spiro atoms. The summed E-state index contributed by atoms with van der Waals surface area (Å²) in [6.07, 6.45) is 2.03. The molecule has 0 atom stereocenters. The van der Waals surface area contributed by atoms with E-state index in [0.29, 0.717) is 17.3 Å². The van der Waals surface area contributed by atoms with Crippen LogP contribution in [0.4, 0.5) is 5.82 Å². The van der Waals surface area contributed by atoms with Crippen molar-refractivity contribution in [2.75, 3.05) is 18.9 Å². The maximum absolute atomic E-state index is 12.7. The van der Waals surface area contributed by atoms with Gasteiger partial charge in [-0.2, -0.15) is 0 Å². The van der Waals surface area contributed by atoms with E-state index in [4.69, 9.17) is 0 Å². The molecule has 1 heterocycles. The van der Waals surface area contributed by atoms with Crippen molar-refractivity contribution in [3.8, 4) is 11.4 Å². The Morgan fingerprint density at radius 3 is 2.54 bits per heavy atom. The Kier molecular flexibility index (Phi) is 6.29. The molecular weight excluding hydrogens is 300 g/mol. The van der Waals surface area contributed by atoms with Gasteiger partial charge in [0.1, 0.15) is 11.5 Å². The minimum atomic E-state index is -0.0742. The molecule has 0 fully saturated rings. The van der Waals surface area contributed by atoms with E-state index in [0.717, 1.165) is 24.9 Å². The van der Waals surface area contributed by atoms with Crippen LogP contribution in [-0.2, 0) is 0 Å². The zero-order chi connectivity index (χ0) is 17.5. The summed E-state index contributed by atoms with van der Waals surface area (Å²) in [6, 6.07) is 11.7. The Balaban J connectivity index is 2.37. The van der Waals surface area contributed by atoms with Gasteiger partial charge in [0, 0.05) is 31.3 Å². The number of benzene rings is 1. The highest BCUT2D eigenvalue weighted by Gasteiger charge is 2.16. The van der Waals surface area contributed by atoms with Gasteiger partial charge in [-0.25, -0.2) is 9.97 Å². The Morgan fingerprint density at radius 1 is 1.21 bits per heavy atom. The van der Waals surface area contributed by atoms with Gasteiger partial charge in [0.2, 0.25) is 0 Å². The average Bonchev–Trinajstić information content (AvgIpc) is 2.58. The van der Waals surface area contributed by atoms with Crippen molar-refractivity contribution in [3.05, 3.63) is 42.1 Å². The predicted octanol–water partition coefficient (Wildman–Crippen LogP) is 3.84. The first-order valence-corrected chi connectivity index (χ1v) is 8.47. The van der Waals surface area contributed by atoms with Gasteiger partial charge in [-0.1, -0.05) is 43.7 Å². The molecular formula is C19H26N4O. The quantitative estimate of drug-likeness (QED) is 0.840. The SMILES string of the molecule is CCCCN(C)C(=O)c1cc(NC(C)C)nc(-c2ccccc2)n1. The first kappa shape index (κ1) is 17.9. The molecule has 1 amide bonds. The third-order valence-electron chi connectivity index (χ3n) is 3.61. The van der Waals surface area contributed by atoms with Gasteiger partial charge in [-0.3, -0.25) is 4.79 Å². The number of unbranched alkanes of at least 4 members (excludes halogenated alkanes) is 1. The molecule has 0 saturated heterocycles. The number of anilines is 1. The molecule has 1 N–H and O–H groups in total. The second-order valence-electron chi connectivity index (χ2n) is 6.21. The molecule has 1 aromatic heterocycles. The van der Waals surface area contributed by atoms with Crippen LogP contribution in [0.15, 0.2) is 36.4 Å². The monoisotopic (exact) mass is 326 g/mol. The fraction of sp³-hybridized carbons (Fsp3) is 0.421. The number of hydrogen-bond acceptors (Lipinski definition) is 4. The summed E-state index contributed by atoms with van der Waals surface area (Å²) in [4.78, 5) is 23.5. The first-order chi connectivity index (χ1) is 11.5. The summed E-state index contributed by atoms with van der Waals surface area (Å²) in [5, 5.41) is 3.27. The van der Waals surface area contributed by atoms with Crippen LogP contribution in [0.5, 0.6) is 0 Å². The van der Waals surface area contributed by atoms with Crippen LogP contribution in [-0.4, -0.2) is 40.4 Å². The van der Waals surface area contributed by atoms with Crippen molar-refractivity contribution < 1.29 is 4.79 Å².